The van der Waals surface area contributed by atoms with Crippen LogP contribution in [0.25, 0.3) is 0 Å². The fourth-order valence-corrected chi connectivity index (χ4v) is 2.30. The molecule has 0 atom stereocenters. The predicted molar refractivity (Wildman–Crippen MR) is 83.0 cm³/mol. The molecule has 0 spiro atoms. The Balaban J connectivity index is 2.15. The highest BCUT2D eigenvalue weighted by molar-refractivity contribution is 5.74. The van der Waals surface area contributed by atoms with Crippen LogP contribution in [0.1, 0.15) is 17.5 Å². The van der Waals surface area contributed by atoms with Gasteiger partial charge in [-0.25, -0.2) is 5.48 Å². The van der Waals surface area contributed by atoms with Crippen molar-refractivity contribution in [3.63, 3.8) is 0 Å². The Bertz CT molecular complexity index is 681. The highest BCUT2D eigenvalue weighted by Gasteiger charge is 2.12. The van der Waals surface area contributed by atoms with Crippen molar-refractivity contribution in [1.82, 2.24) is 10.0 Å². The first-order valence-electron chi connectivity index (χ1n) is 7.09. The lowest BCUT2D eigenvalue weighted by molar-refractivity contribution is -0.129. The maximum atomic E-state index is 11.1. The van der Waals surface area contributed by atoms with E-state index in [1.54, 1.807) is 42.6 Å². The van der Waals surface area contributed by atoms with E-state index in [4.69, 9.17) is 14.7 Å². The van der Waals surface area contributed by atoms with Crippen molar-refractivity contribution in [3.8, 4) is 17.4 Å². The van der Waals surface area contributed by atoms with Gasteiger partial charge >= 0.3 is 0 Å². The van der Waals surface area contributed by atoms with Crippen molar-refractivity contribution in [2.45, 2.75) is 19.4 Å². The zero-order valence-electron chi connectivity index (χ0n) is 13.1. The quantitative estimate of drug-likeness (QED) is 0.533. The van der Waals surface area contributed by atoms with Gasteiger partial charge in [-0.3, -0.25) is 10.0 Å². The minimum Gasteiger partial charge on any atom is -0.497 e. The molecule has 23 heavy (non-hydrogen) atoms. The summed E-state index contributed by atoms with van der Waals surface area (Å²) in [5.41, 5.74) is 3.10. The first-order chi connectivity index (χ1) is 11.1. The number of nitrogens with zero attached hydrogens (tertiary/aromatic N) is 1. The fourth-order valence-electron chi connectivity index (χ4n) is 2.30. The largest absolute Gasteiger partial charge is 0.497 e. The van der Waals surface area contributed by atoms with Gasteiger partial charge in [0.05, 0.1) is 20.8 Å². The van der Waals surface area contributed by atoms with Gasteiger partial charge in [0.1, 0.15) is 11.5 Å². The first-order valence-corrected chi connectivity index (χ1v) is 7.09. The van der Waals surface area contributed by atoms with E-state index < -0.39 is 5.91 Å². The molecule has 1 heterocycles. The number of carbonyl (C=O) groups excluding carboxylic acids is 1. The molecule has 124 valence electrons. The maximum absolute atomic E-state index is 11.1. The zero-order valence-corrected chi connectivity index (χ0v) is 13.1. The van der Waals surface area contributed by atoms with Crippen molar-refractivity contribution in [2.24, 2.45) is 0 Å². The molecule has 7 nitrogen and oxygen atoms in total. The Labute approximate surface area is 134 Å². The molecule has 7 heteroatoms. The third-order valence-electron chi connectivity index (χ3n) is 3.60. The van der Waals surface area contributed by atoms with Crippen LogP contribution in [-0.4, -0.2) is 35.0 Å². The van der Waals surface area contributed by atoms with Crippen molar-refractivity contribution in [3.05, 3.63) is 41.6 Å². The molecule has 2 aromatic rings. The summed E-state index contributed by atoms with van der Waals surface area (Å²) in [5, 5.41) is 18.7. The SMILES string of the molecule is COc1ccc(Cn2ccc(CCC(=O)NO)c2O)c(OC)c1. The molecule has 1 amide bonds. The predicted octanol–water partition coefficient (Wildman–Crippen LogP) is 1.70. The topological polar surface area (TPSA) is 93.0 Å². The molecule has 1 aromatic carbocycles. The van der Waals surface area contributed by atoms with Gasteiger partial charge in [-0.15, -0.1) is 0 Å². The van der Waals surface area contributed by atoms with Gasteiger partial charge in [-0.05, 0) is 24.6 Å². The van der Waals surface area contributed by atoms with Crippen LogP contribution in [0.5, 0.6) is 17.4 Å². The second kappa shape index (κ2) is 7.55. The molecule has 0 bridgehead atoms. The summed E-state index contributed by atoms with van der Waals surface area (Å²) in [7, 11) is 3.16. The van der Waals surface area contributed by atoms with Gasteiger partial charge in [0, 0.05) is 29.8 Å². The summed E-state index contributed by atoms with van der Waals surface area (Å²) in [4.78, 5) is 11.1. The molecule has 0 unspecified atom stereocenters. The smallest absolute Gasteiger partial charge is 0.243 e. The number of carbonyl (C=O) groups is 1. The number of amides is 1. The van der Waals surface area contributed by atoms with E-state index in [2.05, 4.69) is 0 Å². The van der Waals surface area contributed by atoms with Crippen LogP contribution in [0.15, 0.2) is 30.5 Å². The number of nitrogens with one attached hydrogen (secondary N) is 1. The number of hydrogen-bond acceptors (Lipinski definition) is 5. The second-order valence-corrected chi connectivity index (χ2v) is 5.01. The molecule has 0 saturated carbocycles. The molecule has 3 N–H and O–H groups in total. The average molecular weight is 320 g/mol. The Morgan fingerprint density at radius 1 is 1.22 bits per heavy atom. The van der Waals surface area contributed by atoms with E-state index >= 15 is 0 Å². The summed E-state index contributed by atoms with van der Waals surface area (Å²) >= 11 is 0. The van der Waals surface area contributed by atoms with Crippen LogP contribution >= 0.6 is 0 Å². The lowest BCUT2D eigenvalue weighted by atomic mass is 10.1. The Morgan fingerprint density at radius 3 is 2.65 bits per heavy atom. The number of methoxy groups -OCH3 is 2. The van der Waals surface area contributed by atoms with E-state index in [1.807, 2.05) is 12.1 Å². The minimum atomic E-state index is -0.492. The van der Waals surface area contributed by atoms with Gasteiger partial charge in [0.15, 0.2) is 5.88 Å². The molecule has 0 fully saturated rings. The summed E-state index contributed by atoms with van der Waals surface area (Å²) in [5.74, 6) is 0.958. The summed E-state index contributed by atoms with van der Waals surface area (Å²) in [6.07, 6.45) is 2.18. The molecular weight excluding hydrogens is 300 g/mol. The number of rotatable bonds is 7. The van der Waals surface area contributed by atoms with Crippen LogP contribution in [0.2, 0.25) is 0 Å². The number of ether oxygens (including phenoxy) is 2. The molecule has 2 rings (SSSR count). The number of aryl methyl sites for hydroxylation is 1. The third-order valence-corrected chi connectivity index (χ3v) is 3.60. The first kappa shape index (κ1) is 16.7. The van der Waals surface area contributed by atoms with Crippen molar-refractivity contribution in [1.29, 1.82) is 0 Å². The number of hydroxylamine groups is 1. The van der Waals surface area contributed by atoms with Crippen molar-refractivity contribution >= 4 is 5.91 Å². The number of hydrogen-bond donors (Lipinski definition) is 3. The van der Waals surface area contributed by atoms with Gasteiger partial charge < -0.3 is 19.1 Å². The van der Waals surface area contributed by atoms with Gasteiger partial charge in [0.2, 0.25) is 5.91 Å². The van der Waals surface area contributed by atoms with E-state index in [-0.39, 0.29) is 12.3 Å². The number of aromatic hydroxyl groups is 1. The molecule has 0 saturated heterocycles. The highest BCUT2D eigenvalue weighted by Crippen LogP contribution is 2.28. The molecule has 1 aromatic heterocycles. The molecule has 0 aliphatic carbocycles. The van der Waals surface area contributed by atoms with E-state index in [0.717, 1.165) is 5.56 Å². The zero-order chi connectivity index (χ0) is 16.8. The van der Waals surface area contributed by atoms with Crippen LogP contribution in [-0.2, 0) is 17.8 Å². The van der Waals surface area contributed by atoms with E-state index in [9.17, 15) is 9.90 Å². The average Bonchev–Trinajstić information content (AvgIpc) is 2.93. The van der Waals surface area contributed by atoms with E-state index in [0.29, 0.717) is 30.0 Å². The Kier molecular flexibility index (Phi) is 5.48. The number of benzene rings is 1. The summed E-state index contributed by atoms with van der Waals surface area (Å²) in [6.45, 7) is 0.422. The van der Waals surface area contributed by atoms with Crippen LogP contribution in [0.3, 0.4) is 0 Å². The van der Waals surface area contributed by atoms with Crippen molar-refractivity contribution < 1.29 is 24.6 Å². The molecule has 0 radical (unpaired) electrons. The fraction of sp³-hybridized carbons (Fsp3) is 0.312. The molecular formula is C16H20N2O5. The monoisotopic (exact) mass is 320 g/mol. The minimum absolute atomic E-state index is 0.0913. The van der Waals surface area contributed by atoms with Crippen LogP contribution in [0, 0.1) is 0 Å². The lowest BCUT2D eigenvalue weighted by Crippen LogP contribution is -2.18. The Morgan fingerprint density at radius 2 is 2.00 bits per heavy atom. The van der Waals surface area contributed by atoms with E-state index in [1.165, 1.54) is 0 Å². The summed E-state index contributed by atoms with van der Waals surface area (Å²) < 4.78 is 12.2. The highest BCUT2D eigenvalue weighted by atomic mass is 16.5. The van der Waals surface area contributed by atoms with Crippen LogP contribution < -0.4 is 15.0 Å². The van der Waals surface area contributed by atoms with Gasteiger partial charge in [-0.2, -0.15) is 0 Å². The summed E-state index contributed by atoms with van der Waals surface area (Å²) in [6, 6.07) is 7.22. The number of aromatic nitrogens is 1. The van der Waals surface area contributed by atoms with Gasteiger partial charge in [0.25, 0.3) is 0 Å². The third kappa shape index (κ3) is 3.95. The Hall–Kier alpha value is -2.67. The maximum Gasteiger partial charge on any atom is 0.243 e. The van der Waals surface area contributed by atoms with Crippen molar-refractivity contribution in [2.75, 3.05) is 14.2 Å². The van der Waals surface area contributed by atoms with Crippen LogP contribution in [0.4, 0.5) is 0 Å². The standard InChI is InChI=1S/C16H20N2O5/c1-22-13-5-3-12(14(9-13)23-2)10-18-8-7-11(16(18)20)4-6-15(19)17-21/h3,5,7-9,20-21H,4,6,10H2,1-2H3,(H,17,19). The second-order valence-electron chi connectivity index (χ2n) is 5.01. The molecule has 0 aliphatic rings. The van der Waals surface area contributed by atoms with Gasteiger partial charge in [-0.1, -0.05) is 0 Å². The lowest BCUT2D eigenvalue weighted by Gasteiger charge is -2.12. The normalized spacial score (nSPS) is 10.4. The molecule has 0 aliphatic heterocycles.